The van der Waals surface area contributed by atoms with Gasteiger partial charge in [0.1, 0.15) is 23.5 Å². The van der Waals surface area contributed by atoms with Crippen LogP contribution in [-0.2, 0) is 26.6 Å². The summed E-state index contributed by atoms with van der Waals surface area (Å²) in [5, 5.41) is 16.8. The van der Waals surface area contributed by atoms with E-state index in [1.807, 2.05) is 44.2 Å². The van der Waals surface area contributed by atoms with Gasteiger partial charge >= 0.3 is 0 Å². The zero-order valence-corrected chi connectivity index (χ0v) is 16.3. The largest absolute Gasteiger partial charge is 0.392 e. The minimum absolute atomic E-state index is 0.00653. The Labute approximate surface area is 163 Å². The Morgan fingerprint density at radius 3 is 2.89 bits per heavy atom. The molecule has 4 rings (SSSR count). The van der Waals surface area contributed by atoms with Gasteiger partial charge in [-0.2, -0.15) is 0 Å². The van der Waals surface area contributed by atoms with Crippen molar-refractivity contribution in [1.29, 1.82) is 0 Å². The number of hydrogen-bond acceptors (Lipinski definition) is 6. The molecule has 0 saturated carbocycles. The second-order valence-corrected chi connectivity index (χ2v) is 7.19. The lowest BCUT2D eigenvalue weighted by Gasteiger charge is -2.23. The molecule has 1 aliphatic heterocycles. The SMILES string of the molecule is CN(C)c1ncnc2c1cc(C(=O)Nc1ccc(CO)c3c1CCNC3)n2C. The second kappa shape index (κ2) is 7.21. The molecule has 3 heterocycles. The van der Waals surface area contributed by atoms with E-state index in [0.29, 0.717) is 17.9 Å². The van der Waals surface area contributed by atoms with Crippen LogP contribution in [0.3, 0.4) is 0 Å². The number of amides is 1. The highest BCUT2D eigenvalue weighted by Crippen LogP contribution is 2.29. The monoisotopic (exact) mass is 380 g/mol. The van der Waals surface area contributed by atoms with Gasteiger partial charge in [0.15, 0.2) is 0 Å². The number of carbonyl (C=O) groups is 1. The molecule has 8 nitrogen and oxygen atoms in total. The lowest BCUT2D eigenvalue weighted by Crippen LogP contribution is -2.27. The van der Waals surface area contributed by atoms with Crippen LogP contribution in [-0.4, -0.2) is 46.2 Å². The van der Waals surface area contributed by atoms with E-state index in [4.69, 9.17) is 0 Å². The summed E-state index contributed by atoms with van der Waals surface area (Å²) in [4.78, 5) is 23.6. The predicted octanol–water partition coefficient (Wildman–Crippen LogP) is 1.42. The van der Waals surface area contributed by atoms with Crippen LogP contribution in [0.5, 0.6) is 0 Å². The van der Waals surface area contributed by atoms with Gasteiger partial charge < -0.3 is 25.2 Å². The fraction of sp³-hybridized carbons (Fsp3) is 0.350. The first-order valence-corrected chi connectivity index (χ1v) is 9.25. The normalized spacial score (nSPS) is 13.4. The van der Waals surface area contributed by atoms with Crippen LogP contribution in [0.4, 0.5) is 11.5 Å². The van der Waals surface area contributed by atoms with E-state index in [-0.39, 0.29) is 12.5 Å². The number of carbonyl (C=O) groups excluding carboxylic acids is 1. The molecular weight excluding hydrogens is 356 g/mol. The van der Waals surface area contributed by atoms with E-state index in [1.54, 1.807) is 4.57 Å². The van der Waals surface area contributed by atoms with Crippen molar-refractivity contribution < 1.29 is 9.90 Å². The van der Waals surface area contributed by atoms with Crippen LogP contribution >= 0.6 is 0 Å². The van der Waals surface area contributed by atoms with E-state index in [2.05, 4.69) is 20.6 Å². The topological polar surface area (TPSA) is 95.3 Å². The van der Waals surface area contributed by atoms with Gasteiger partial charge in [-0.3, -0.25) is 4.79 Å². The van der Waals surface area contributed by atoms with Gasteiger partial charge in [-0.25, -0.2) is 9.97 Å². The summed E-state index contributed by atoms with van der Waals surface area (Å²) < 4.78 is 1.79. The van der Waals surface area contributed by atoms with Gasteiger partial charge in [-0.05, 0) is 41.8 Å². The van der Waals surface area contributed by atoms with Crippen LogP contribution in [0.1, 0.15) is 27.2 Å². The molecule has 0 fully saturated rings. The number of rotatable bonds is 4. The molecule has 3 aromatic rings. The molecule has 28 heavy (non-hydrogen) atoms. The zero-order valence-electron chi connectivity index (χ0n) is 16.3. The summed E-state index contributed by atoms with van der Waals surface area (Å²) in [7, 11) is 5.66. The standard InChI is InChI=1S/C20H24N6O2/c1-25(2)18-14-8-17(26(3)19(14)23-11-22-18)20(28)24-16-5-4-12(10-27)15-9-21-7-6-13(15)16/h4-5,8,11,21,27H,6-7,9-10H2,1-3H3,(H,24,28). The maximum atomic E-state index is 13.1. The quantitative estimate of drug-likeness (QED) is 0.634. The molecule has 0 radical (unpaired) electrons. The lowest BCUT2D eigenvalue weighted by molar-refractivity contribution is 0.101. The molecule has 0 unspecified atom stereocenters. The Morgan fingerprint density at radius 2 is 2.14 bits per heavy atom. The van der Waals surface area contributed by atoms with E-state index < -0.39 is 0 Å². The van der Waals surface area contributed by atoms with E-state index in [9.17, 15) is 9.90 Å². The zero-order chi connectivity index (χ0) is 19.8. The Kier molecular flexibility index (Phi) is 4.74. The van der Waals surface area contributed by atoms with Crippen molar-refractivity contribution in [2.24, 2.45) is 7.05 Å². The molecule has 3 N–H and O–H groups in total. The van der Waals surface area contributed by atoms with Crippen LogP contribution in [0, 0.1) is 0 Å². The Hall–Kier alpha value is -2.97. The first kappa shape index (κ1) is 18.4. The van der Waals surface area contributed by atoms with Crippen molar-refractivity contribution in [3.8, 4) is 0 Å². The molecule has 1 amide bonds. The number of hydrogen-bond donors (Lipinski definition) is 3. The second-order valence-electron chi connectivity index (χ2n) is 7.19. The van der Waals surface area contributed by atoms with Crippen LogP contribution in [0.2, 0.25) is 0 Å². The van der Waals surface area contributed by atoms with Gasteiger partial charge in [-0.15, -0.1) is 0 Å². The molecule has 146 valence electrons. The number of aromatic nitrogens is 3. The van der Waals surface area contributed by atoms with Crippen LogP contribution in [0.25, 0.3) is 11.0 Å². The number of aliphatic hydroxyl groups excluding tert-OH is 1. The maximum absolute atomic E-state index is 13.1. The van der Waals surface area contributed by atoms with Gasteiger partial charge in [0.2, 0.25) is 0 Å². The molecule has 2 aromatic heterocycles. The summed E-state index contributed by atoms with van der Waals surface area (Å²) in [6.07, 6.45) is 2.32. The number of aliphatic hydroxyl groups is 1. The van der Waals surface area contributed by atoms with Crippen molar-refractivity contribution in [3.05, 3.63) is 46.9 Å². The number of aryl methyl sites for hydroxylation is 1. The van der Waals surface area contributed by atoms with Gasteiger partial charge in [0.05, 0.1) is 12.0 Å². The predicted molar refractivity (Wildman–Crippen MR) is 109 cm³/mol. The third kappa shape index (κ3) is 3.00. The molecule has 0 saturated heterocycles. The van der Waals surface area contributed by atoms with E-state index in [1.165, 1.54) is 6.33 Å². The highest BCUT2D eigenvalue weighted by molar-refractivity contribution is 6.07. The minimum atomic E-state index is -0.192. The van der Waals surface area contributed by atoms with E-state index in [0.717, 1.165) is 46.5 Å². The molecule has 0 bridgehead atoms. The molecule has 0 aliphatic carbocycles. The highest BCUT2D eigenvalue weighted by Gasteiger charge is 2.21. The number of nitrogens with one attached hydrogen (secondary N) is 2. The molecule has 1 aromatic carbocycles. The number of nitrogens with zero attached hydrogens (tertiary/aromatic N) is 4. The fourth-order valence-corrected chi connectivity index (χ4v) is 3.82. The average Bonchev–Trinajstić information content (AvgIpc) is 3.05. The number of fused-ring (bicyclic) bond motifs is 2. The van der Waals surface area contributed by atoms with Crippen molar-refractivity contribution in [3.63, 3.8) is 0 Å². The molecule has 0 atom stereocenters. The van der Waals surface area contributed by atoms with Crippen LogP contribution < -0.4 is 15.5 Å². The van der Waals surface area contributed by atoms with Crippen molar-refractivity contribution in [1.82, 2.24) is 19.9 Å². The summed E-state index contributed by atoms with van der Waals surface area (Å²) in [6.45, 7) is 1.54. The van der Waals surface area contributed by atoms with Gasteiger partial charge in [-0.1, -0.05) is 6.07 Å². The summed E-state index contributed by atoms with van der Waals surface area (Å²) in [5.74, 6) is 0.582. The van der Waals surface area contributed by atoms with Crippen molar-refractivity contribution in [2.75, 3.05) is 30.9 Å². The third-order valence-corrected chi connectivity index (χ3v) is 5.26. The van der Waals surface area contributed by atoms with Crippen LogP contribution in [0.15, 0.2) is 24.5 Å². The third-order valence-electron chi connectivity index (χ3n) is 5.26. The first-order chi connectivity index (χ1) is 13.5. The summed E-state index contributed by atoms with van der Waals surface area (Å²) >= 11 is 0. The average molecular weight is 380 g/mol. The Balaban J connectivity index is 1.72. The molecule has 8 heteroatoms. The molecule has 1 aliphatic rings. The van der Waals surface area contributed by atoms with Crippen molar-refractivity contribution in [2.45, 2.75) is 19.6 Å². The maximum Gasteiger partial charge on any atom is 0.272 e. The minimum Gasteiger partial charge on any atom is -0.392 e. The summed E-state index contributed by atoms with van der Waals surface area (Å²) in [5.41, 5.74) is 5.09. The molecular formula is C20H24N6O2. The summed E-state index contributed by atoms with van der Waals surface area (Å²) in [6, 6.07) is 5.58. The van der Waals surface area contributed by atoms with Crippen molar-refractivity contribution >= 4 is 28.4 Å². The number of anilines is 2. The van der Waals surface area contributed by atoms with Gasteiger partial charge in [0.25, 0.3) is 5.91 Å². The fourth-order valence-electron chi connectivity index (χ4n) is 3.82. The Bertz CT molecular complexity index is 1060. The number of benzene rings is 1. The lowest BCUT2D eigenvalue weighted by atomic mass is 9.94. The first-order valence-electron chi connectivity index (χ1n) is 9.25. The highest BCUT2D eigenvalue weighted by atomic mass is 16.3. The van der Waals surface area contributed by atoms with Gasteiger partial charge in [0, 0.05) is 33.4 Å². The van der Waals surface area contributed by atoms with E-state index >= 15 is 0 Å². The Morgan fingerprint density at radius 1 is 1.32 bits per heavy atom. The molecule has 0 spiro atoms. The smallest absolute Gasteiger partial charge is 0.272 e.